The van der Waals surface area contributed by atoms with Crippen LogP contribution in [0.15, 0.2) is 71.8 Å². The number of rotatable bonds is 4. The highest BCUT2D eigenvalue weighted by Gasteiger charge is 2.27. The number of aryl methyl sites for hydroxylation is 1. The van der Waals surface area contributed by atoms with Gasteiger partial charge in [-0.25, -0.2) is 4.98 Å². The van der Waals surface area contributed by atoms with E-state index in [1.54, 1.807) is 24.5 Å². The zero-order chi connectivity index (χ0) is 24.5. The fraction of sp³-hybridized carbons (Fsp3) is 0.231. The third-order valence-electron chi connectivity index (χ3n) is 6.35. The largest absolute Gasteiger partial charge is 0.365 e. The third kappa shape index (κ3) is 4.21. The van der Waals surface area contributed by atoms with Gasteiger partial charge in [-0.05, 0) is 44.2 Å². The number of anilines is 1. The van der Waals surface area contributed by atoms with Gasteiger partial charge in [0.2, 0.25) is 0 Å². The zero-order valence-corrected chi connectivity index (χ0v) is 20.3. The van der Waals surface area contributed by atoms with Crippen LogP contribution < -0.4 is 10.5 Å². The van der Waals surface area contributed by atoms with Crippen molar-refractivity contribution in [2.75, 3.05) is 31.1 Å². The molecule has 1 aliphatic rings. The number of carbonyl (C=O) groups excluding carboxylic acids is 1. The third-order valence-corrected chi connectivity index (χ3v) is 6.70. The molecule has 3 aromatic heterocycles. The number of amides is 1. The fourth-order valence-corrected chi connectivity index (χ4v) is 4.78. The summed E-state index contributed by atoms with van der Waals surface area (Å²) in [5, 5.41) is 4.46. The molecule has 1 aromatic carbocycles. The van der Waals surface area contributed by atoms with Gasteiger partial charge in [-0.1, -0.05) is 35.9 Å². The predicted octanol–water partition coefficient (Wildman–Crippen LogP) is 3.65. The molecule has 9 heteroatoms. The summed E-state index contributed by atoms with van der Waals surface area (Å²) in [5.74, 6) is 0.780. The SMILES string of the molecule is Cc1cc(C(=O)N2CCN(c3cnn(-c4ccccc4)c(=O)c3Cl)CC2)c(C)n1-c1ccccn1. The first-order valence-corrected chi connectivity index (χ1v) is 11.8. The average molecular weight is 489 g/mol. The summed E-state index contributed by atoms with van der Waals surface area (Å²) in [7, 11) is 0. The summed E-state index contributed by atoms with van der Waals surface area (Å²) >= 11 is 6.47. The maximum atomic E-state index is 13.4. The number of carbonyl (C=O) groups is 1. The minimum absolute atomic E-state index is 0.0105. The van der Waals surface area contributed by atoms with E-state index in [1.165, 1.54) is 4.68 Å². The molecule has 1 fully saturated rings. The Morgan fingerprint density at radius 2 is 1.69 bits per heavy atom. The summed E-state index contributed by atoms with van der Waals surface area (Å²) in [6.07, 6.45) is 3.36. The van der Waals surface area contributed by atoms with Crippen molar-refractivity contribution in [2.45, 2.75) is 13.8 Å². The molecule has 0 bridgehead atoms. The highest BCUT2D eigenvalue weighted by Crippen LogP contribution is 2.25. The summed E-state index contributed by atoms with van der Waals surface area (Å²) in [4.78, 5) is 34.5. The minimum atomic E-state index is -0.365. The van der Waals surface area contributed by atoms with Gasteiger partial charge < -0.3 is 14.4 Å². The van der Waals surface area contributed by atoms with Crippen molar-refractivity contribution in [3.05, 3.63) is 99.3 Å². The van der Waals surface area contributed by atoms with Gasteiger partial charge in [0.25, 0.3) is 11.5 Å². The van der Waals surface area contributed by atoms with Crippen molar-refractivity contribution in [2.24, 2.45) is 0 Å². The number of para-hydroxylation sites is 1. The van der Waals surface area contributed by atoms with Gasteiger partial charge in [0.15, 0.2) is 0 Å². The molecule has 0 N–H and O–H groups in total. The highest BCUT2D eigenvalue weighted by molar-refractivity contribution is 6.33. The van der Waals surface area contributed by atoms with Gasteiger partial charge in [-0.15, -0.1) is 0 Å². The molecule has 178 valence electrons. The lowest BCUT2D eigenvalue weighted by atomic mass is 10.2. The molecular formula is C26H25ClN6O2. The monoisotopic (exact) mass is 488 g/mol. The van der Waals surface area contributed by atoms with Crippen LogP contribution in [0.4, 0.5) is 5.69 Å². The van der Waals surface area contributed by atoms with Crippen molar-refractivity contribution in [1.29, 1.82) is 0 Å². The second-order valence-corrected chi connectivity index (χ2v) is 8.86. The Labute approximate surface area is 208 Å². The van der Waals surface area contributed by atoms with E-state index in [4.69, 9.17) is 11.6 Å². The van der Waals surface area contributed by atoms with E-state index in [0.717, 1.165) is 17.2 Å². The quantitative estimate of drug-likeness (QED) is 0.438. The smallest absolute Gasteiger partial charge is 0.292 e. The van der Waals surface area contributed by atoms with Crippen LogP contribution in [0.2, 0.25) is 5.02 Å². The van der Waals surface area contributed by atoms with Crippen LogP contribution in [0.1, 0.15) is 21.7 Å². The normalized spacial score (nSPS) is 13.8. The molecule has 8 nitrogen and oxygen atoms in total. The fourth-order valence-electron chi connectivity index (χ4n) is 4.54. The molecule has 0 spiro atoms. The first kappa shape index (κ1) is 22.9. The van der Waals surface area contributed by atoms with Gasteiger partial charge >= 0.3 is 0 Å². The predicted molar refractivity (Wildman–Crippen MR) is 136 cm³/mol. The first-order valence-electron chi connectivity index (χ1n) is 11.4. The van der Waals surface area contributed by atoms with E-state index < -0.39 is 0 Å². The van der Waals surface area contributed by atoms with Crippen molar-refractivity contribution >= 4 is 23.2 Å². The molecular weight excluding hydrogens is 464 g/mol. The van der Waals surface area contributed by atoms with E-state index in [1.807, 2.05) is 70.7 Å². The van der Waals surface area contributed by atoms with Crippen LogP contribution in [0, 0.1) is 13.8 Å². The van der Waals surface area contributed by atoms with Crippen molar-refractivity contribution in [1.82, 2.24) is 24.2 Å². The van der Waals surface area contributed by atoms with Gasteiger partial charge in [0.1, 0.15) is 10.8 Å². The molecule has 1 saturated heterocycles. The molecule has 5 rings (SSSR count). The number of benzene rings is 1. The Morgan fingerprint density at radius 1 is 0.971 bits per heavy atom. The topological polar surface area (TPSA) is 76.3 Å². The highest BCUT2D eigenvalue weighted by atomic mass is 35.5. The van der Waals surface area contributed by atoms with Crippen LogP contribution in [0.3, 0.4) is 0 Å². The number of piperazine rings is 1. The molecule has 35 heavy (non-hydrogen) atoms. The number of halogens is 1. The molecule has 4 aromatic rings. The Bertz CT molecular complexity index is 1420. The lowest BCUT2D eigenvalue weighted by Gasteiger charge is -2.36. The van der Waals surface area contributed by atoms with Crippen LogP contribution in [-0.2, 0) is 0 Å². The van der Waals surface area contributed by atoms with E-state index >= 15 is 0 Å². The van der Waals surface area contributed by atoms with Crippen molar-refractivity contribution in [3.8, 4) is 11.5 Å². The van der Waals surface area contributed by atoms with Gasteiger partial charge in [0.05, 0.1) is 23.1 Å². The average Bonchev–Trinajstić information content (AvgIpc) is 3.20. The van der Waals surface area contributed by atoms with Crippen LogP contribution >= 0.6 is 11.6 Å². The van der Waals surface area contributed by atoms with Crippen molar-refractivity contribution < 1.29 is 4.79 Å². The molecule has 0 aliphatic carbocycles. The molecule has 0 atom stereocenters. The lowest BCUT2D eigenvalue weighted by molar-refractivity contribution is 0.0746. The van der Waals surface area contributed by atoms with Crippen LogP contribution in [-0.4, -0.2) is 56.3 Å². The summed E-state index contributed by atoms with van der Waals surface area (Å²) < 4.78 is 3.29. The standard InChI is InChI=1S/C26H25ClN6O2/c1-18-16-21(19(2)32(18)23-10-6-7-11-28-23)25(34)31-14-12-30(13-15-31)22-17-29-33(26(35)24(22)27)20-8-4-3-5-9-20/h3-11,16-17H,12-15H2,1-2H3. The van der Waals surface area contributed by atoms with Gasteiger partial charge in [0, 0.05) is 43.8 Å². The molecule has 0 saturated carbocycles. The Hall–Kier alpha value is -3.91. The summed E-state index contributed by atoms with van der Waals surface area (Å²) in [6.45, 7) is 6.07. The summed E-state index contributed by atoms with van der Waals surface area (Å²) in [6, 6.07) is 16.8. The molecule has 4 heterocycles. The maximum Gasteiger partial charge on any atom is 0.292 e. The van der Waals surface area contributed by atoms with Crippen LogP contribution in [0.5, 0.6) is 0 Å². The number of aromatic nitrogens is 4. The first-order chi connectivity index (χ1) is 17.0. The van der Waals surface area contributed by atoms with Gasteiger partial charge in [-0.2, -0.15) is 9.78 Å². The number of hydrogen-bond donors (Lipinski definition) is 0. The Morgan fingerprint density at radius 3 is 2.37 bits per heavy atom. The maximum absolute atomic E-state index is 13.4. The molecule has 0 unspecified atom stereocenters. The number of hydrogen-bond acceptors (Lipinski definition) is 5. The Kier molecular flexibility index (Phi) is 6.13. The van der Waals surface area contributed by atoms with E-state index in [-0.39, 0.29) is 16.5 Å². The summed E-state index contributed by atoms with van der Waals surface area (Å²) in [5.41, 5.74) is 3.38. The molecule has 1 amide bonds. The van der Waals surface area contributed by atoms with E-state index in [2.05, 4.69) is 10.1 Å². The number of pyridine rings is 1. The number of nitrogens with zero attached hydrogens (tertiary/aromatic N) is 6. The zero-order valence-electron chi connectivity index (χ0n) is 19.6. The lowest BCUT2D eigenvalue weighted by Crippen LogP contribution is -2.49. The molecule has 0 radical (unpaired) electrons. The van der Waals surface area contributed by atoms with Gasteiger partial charge in [-0.3, -0.25) is 9.59 Å². The Balaban J connectivity index is 1.32. The second-order valence-electron chi connectivity index (χ2n) is 8.48. The minimum Gasteiger partial charge on any atom is -0.365 e. The van der Waals surface area contributed by atoms with Crippen molar-refractivity contribution in [3.63, 3.8) is 0 Å². The van der Waals surface area contributed by atoms with E-state index in [9.17, 15) is 9.59 Å². The van der Waals surface area contributed by atoms with Crippen LogP contribution in [0.25, 0.3) is 11.5 Å². The molecule has 1 aliphatic heterocycles. The van der Waals surface area contributed by atoms with E-state index in [0.29, 0.717) is 43.1 Å². The second kappa shape index (κ2) is 9.38.